The molecule has 0 spiro atoms. The molecule has 0 radical (unpaired) electrons. The van der Waals surface area contributed by atoms with Gasteiger partial charge >= 0.3 is 11.9 Å². The van der Waals surface area contributed by atoms with Crippen LogP contribution in [0.1, 0.15) is 33.1 Å². The Morgan fingerprint density at radius 3 is 2.54 bits per heavy atom. The fourth-order valence-corrected chi connectivity index (χ4v) is 0.909. The van der Waals surface area contributed by atoms with Gasteiger partial charge in [0.05, 0.1) is 12.5 Å². The van der Waals surface area contributed by atoms with Crippen LogP contribution < -0.4 is 0 Å². The van der Waals surface area contributed by atoms with E-state index in [1.165, 1.54) is 0 Å². The Morgan fingerprint density at radius 1 is 1.46 bits per heavy atom. The fraction of sp³-hybridized carbons (Fsp3) is 0.778. The van der Waals surface area contributed by atoms with Gasteiger partial charge in [-0.15, -0.1) is 0 Å². The van der Waals surface area contributed by atoms with Gasteiger partial charge in [0.15, 0.2) is 0 Å². The molecule has 0 aliphatic rings. The van der Waals surface area contributed by atoms with E-state index in [2.05, 4.69) is 0 Å². The van der Waals surface area contributed by atoms with Gasteiger partial charge in [-0.2, -0.15) is 0 Å². The molecule has 13 heavy (non-hydrogen) atoms. The van der Waals surface area contributed by atoms with E-state index in [1.54, 1.807) is 13.8 Å². The summed E-state index contributed by atoms with van der Waals surface area (Å²) in [5.41, 5.74) is 0. The maximum absolute atomic E-state index is 10.8. The van der Waals surface area contributed by atoms with E-state index >= 15 is 0 Å². The van der Waals surface area contributed by atoms with Gasteiger partial charge < -0.3 is 9.84 Å². The Labute approximate surface area is 77.9 Å². The molecule has 0 bridgehead atoms. The molecule has 0 amide bonds. The molecule has 1 unspecified atom stereocenters. The summed E-state index contributed by atoms with van der Waals surface area (Å²) >= 11 is 0. The van der Waals surface area contributed by atoms with Crippen molar-refractivity contribution in [2.45, 2.75) is 33.1 Å². The number of carbonyl (C=O) groups excluding carboxylic acids is 1. The number of hydrogen-bond donors (Lipinski definition) is 1. The topological polar surface area (TPSA) is 63.6 Å². The van der Waals surface area contributed by atoms with E-state index in [0.29, 0.717) is 25.9 Å². The van der Waals surface area contributed by atoms with Crippen LogP contribution >= 0.6 is 0 Å². The Hall–Kier alpha value is -1.06. The first-order valence-corrected chi connectivity index (χ1v) is 4.46. The van der Waals surface area contributed by atoms with Crippen LogP contribution in [-0.4, -0.2) is 23.7 Å². The molecule has 0 fully saturated rings. The van der Waals surface area contributed by atoms with Gasteiger partial charge in [0.25, 0.3) is 0 Å². The second-order valence-electron chi connectivity index (χ2n) is 2.94. The van der Waals surface area contributed by atoms with Gasteiger partial charge in [0, 0.05) is 6.42 Å². The zero-order valence-electron chi connectivity index (χ0n) is 8.08. The van der Waals surface area contributed by atoms with Crippen molar-refractivity contribution in [3.05, 3.63) is 0 Å². The lowest BCUT2D eigenvalue weighted by molar-refractivity contribution is -0.145. The van der Waals surface area contributed by atoms with Crippen LogP contribution in [0.2, 0.25) is 0 Å². The molecule has 1 N–H and O–H groups in total. The highest BCUT2D eigenvalue weighted by Crippen LogP contribution is 2.08. The molecule has 0 saturated carbocycles. The summed E-state index contributed by atoms with van der Waals surface area (Å²) in [5.74, 6) is -1.45. The molecule has 0 aromatic carbocycles. The maximum Gasteiger partial charge on any atom is 0.306 e. The van der Waals surface area contributed by atoms with Gasteiger partial charge in [0.1, 0.15) is 0 Å². The quantitative estimate of drug-likeness (QED) is 0.640. The number of ether oxygens (including phenoxy) is 1. The van der Waals surface area contributed by atoms with Crippen LogP contribution in [-0.2, 0) is 14.3 Å². The smallest absolute Gasteiger partial charge is 0.306 e. The molecule has 0 saturated heterocycles. The van der Waals surface area contributed by atoms with Crippen molar-refractivity contribution in [2.75, 3.05) is 6.61 Å². The van der Waals surface area contributed by atoms with E-state index in [1.807, 2.05) is 0 Å². The van der Waals surface area contributed by atoms with Crippen molar-refractivity contribution in [1.82, 2.24) is 0 Å². The standard InChI is InChI=1S/C9H16O4/c1-3-13-8(10)6-4-5-7(2)9(11)12/h7H,3-6H2,1-2H3,(H,11,12). The molecule has 0 aliphatic carbocycles. The van der Waals surface area contributed by atoms with Crippen LogP contribution in [0.5, 0.6) is 0 Å². The Bertz CT molecular complexity index is 176. The number of hydrogen-bond acceptors (Lipinski definition) is 3. The first kappa shape index (κ1) is 11.9. The summed E-state index contributed by atoms with van der Waals surface area (Å²) < 4.78 is 4.70. The number of carbonyl (C=O) groups is 2. The van der Waals surface area contributed by atoms with Gasteiger partial charge in [-0.1, -0.05) is 6.92 Å². The third kappa shape index (κ3) is 6.13. The Balaban J connectivity index is 3.44. The normalized spacial score (nSPS) is 12.2. The third-order valence-electron chi connectivity index (χ3n) is 1.74. The molecule has 4 nitrogen and oxygen atoms in total. The third-order valence-corrected chi connectivity index (χ3v) is 1.74. The average molecular weight is 188 g/mol. The van der Waals surface area contributed by atoms with Crippen molar-refractivity contribution in [3.63, 3.8) is 0 Å². The van der Waals surface area contributed by atoms with Gasteiger partial charge in [-0.25, -0.2) is 0 Å². The Morgan fingerprint density at radius 2 is 2.08 bits per heavy atom. The maximum atomic E-state index is 10.8. The van der Waals surface area contributed by atoms with E-state index in [9.17, 15) is 9.59 Å². The lowest BCUT2D eigenvalue weighted by Crippen LogP contribution is -2.10. The van der Waals surface area contributed by atoms with E-state index in [0.717, 1.165) is 0 Å². The van der Waals surface area contributed by atoms with Gasteiger partial charge in [-0.3, -0.25) is 9.59 Å². The second-order valence-corrected chi connectivity index (χ2v) is 2.94. The predicted octanol–water partition coefficient (Wildman–Crippen LogP) is 1.44. The SMILES string of the molecule is CCOC(=O)CCCC(C)C(=O)O. The number of carboxylic acid groups (broad SMARTS) is 1. The highest BCUT2D eigenvalue weighted by molar-refractivity contribution is 5.70. The van der Waals surface area contributed by atoms with Crippen molar-refractivity contribution in [2.24, 2.45) is 5.92 Å². The monoisotopic (exact) mass is 188 g/mol. The van der Waals surface area contributed by atoms with Crippen LogP contribution in [0.15, 0.2) is 0 Å². The summed E-state index contributed by atoms with van der Waals surface area (Å²) in [6, 6.07) is 0. The zero-order valence-corrected chi connectivity index (χ0v) is 8.08. The number of carboxylic acids is 1. The van der Waals surface area contributed by atoms with Crippen molar-refractivity contribution < 1.29 is 19.4 Å². The van der Waals surface area contributed by atoms with E-state index in [-0.39, 0.29) is 11.9 Å². The molecule has 0 aliphatic heterocycles. The van der Waals surface area contributed by atoms with E-state index in [4.69, 9.17) is 9.84 Å². The second kappa shape index (κ2) is 6.46. The summed E-state index contributed by atoms with van der Waals surface area (Å²) in [5, 5.41) is 8.53. The van der Waals surface area contributed by atoms with Gasteiger partial charge in [0.2, 0.25) is 0 Å². The average Bonchev–Trinajstić information content (AvgIpc) is 2.04. The highest BCUT2D eigenvalue weighted by Gasteiger charge is 2.11. The fourth-order valence-electron chi connectivity index (χ4n) is 0.909. The van der Waals surface area contributed by atoms with E-state index < -0.39 is 5.97 Å². The molecule has 0 rings (SSSR count). The molecule has 0 heterocycles. The molecule has 0 aromatic rings. The van der Waals surface area contributed by atoms with Crippen molar-refractivity contribution in [3.8, 4) is 0 Å². The van der Waals surface area contributed by atoms with Crippen LogP contribution in [0.25, 0.3) is 0 Å². The predicted molar refractivity (Wildman–Crippen MR) is 47.3 cm³/mol. The summed E-state index contributed by atoms with van der Waals surface area (Å²) in [7, 11) is 0. The molecule has 76 valence electrons. The molecule has 0 aromatic heterocycles. The lowest BCUT2D eigenvalue weighted by Gasteiger charge is -2.04. The van der Waals surface area contributed by atoms with Crippen molar-refractivity contribution >= 4 is 11.9 Å². The number of esters is 1. The van der Waals surface area contributed by atoms with Crippen LogP contribution in [0, 0.1) is 5.92 Å². The largest absolute Gasteiger partial charge is 0.481 e. The minimum Gasteiger partial charge on any atom is -0.481 e. The summed E-state index contributed by atoms with van der Waals surface area (Å²) in [4.78, 5) is 21.2. The highest BCUT2D eigenvalue weighted by atomic mass is 16.5. The molecular formula is C9H16O4. The van der Waals surface area contributed by atoms with Crippen LogP contribution in [0.4, 0.5) is 0 Å². The first-order valence-electron chi connectivity index (χ1n) is 4.46. The summed E-state index contributed by atoms with van der Waals surface area (Å²) in [6.45, 7) is 3.76. The minimum absolute atomic E-state index is 0.250. The first-order chi connectivity index (χ1) is 6.07. The number of aliphatic carboxylic acids is 1. The molecule has 4 heteroatoms. The molecule has 1 atom stereocenters. The number of rotatable bonds is 6. The molecular weight excluding hydrogens is 172 g/mol. The van der Waals surface area contributed by atoms with Crippen LogP contribution in [0.3, 0.4) is 0 Å². The van der Waals surface area contributed by atoms with Crippen molar-refractivity contribution in [1.29, 1.82) is 0 Å². The minimum atomic E-state index is -0.816. The zero-order chi connectivity index (χ0) is 10.3. The summed E-state index contributed by atoms with van der Waals surface area (Å²) in [6.07, 6.45) is 1.41. The van der Waals surface area contributed by atoms with Gasteiger partial charge in [-0.05, 0) is 19.8 Å². The lowest BCUT2D eigenvalue weighted by atomic mass is 10.0. The Kier molecular flexibility index (Phi) is 5.93.